The van der Waals surface area contributed by atoms with Crippen LogP contribution in [0.5, 0.6) is 0 Å². The van der Waals surface area contributed by atoms with Gasteiger partial charge in [0.2, 0.25) is 5.91 Å². The molecule has 1 aliphatic rings. The zero-order valence-corrected chi connectivity index (χ0v) is 14.5. The van der Waals surface area contributed by atoms with Crippen LogP contribution in [0.2, 0.25) is 0 Å². The van der Waals surface area contributed by atoms with E-state index in [0.29, 0.717) is 25.2 Å². The summed E-state index contributed by atoms with van der Waals surface area (Å²) in [5.41, 5.74) is 1.03. The Hall–Kier alpha value is -1.85. The Bertz CT molecular complexity index is 535. The van der Waals surface area contributed by atoms with Crippen LogP contribution in [0.15, 0.2) is 12.3 Å². The lowest BCUT2D eigenvalue weighted by Gasteiger charge is -2.27. The Morgan fingerprint density at radius 2 is 2.08 bits per heavy atom. The molecule has 1 saturated carbocycles. The Labute approximate surface area is 143 Å². The van der Waals surface area contributed by atoms with Gasteiger partial charge in [-0.2, -0.15) is 5.10 Å². The fraction of sp³-hybridized carbons (Fsp3) is 0.722. The van der Waals surface area contributed by atoms with Crippen molar-refractivity contribution in [1.29, 1.82) is 0 Å². The molecule has 0 saturated heterocycles. The normalized spacial score (nSPS) is 16.7. The molecule has 1 heterocycles. The van der Waals surface area contributed by atoms with Crippen molar-refractivity contribution < 1.29 is 14.7 Å². The van der Waals surface area contributed by atoms with Crippen molar-refractivity contribution in [3.63, 3.8) is 0 Å². The summed E-state index contributed by atoms with van der Waals surface area (Å²) in [5, 5.41) is 16.1. The molecule has 1 aliphatic carbocycles. The number of hydrogen-bond donors (Lipinski definition) is 2. The fourth-order valence-electron chi connectivity index (χ4n) is 3.56. The van der Waals surface area contributed by atoms with Gasteiger partial charge in [0, 0.05) is 37.8 Å². The van der Waals surface area contributed by atoms with Gasteiger partial charge in [0.25, 0.3) is 0 Å². The van der Waals surface area contributed by atoms with Crippen molar-refractivity contribution in [1.82, 2.24) is 15.1 Å². The van der Waals surface area contributed by atoms with Crippen LogP contribution in [-0.2, 0) is 23.1 Å². The molecule has 1 unspecified atom stereocenters. The number of nitrogens with zero attached hydrogens (tertiary/aromatic N) is 2. The van der Waals surface area contributed by atoms with E-state index < -0.39 is 5.97 Å². The zero-order valence-electron chi connectivity index (χ0n) is 14.5. The lowest BCUT2D eigenvalue weighted by atomic mass is 9.84. The van der Waals surface area contributed by atoms with Crippen molar-refractivity contribution in [2.45, 2.75) is 70.3 Å². The molecule has 24 heavy (non-hydrogen) atoms. The number of carbonyl (C=O) groups is 2. The predicted molar refractivity (Wildman–Crippen MR) is 91.5 cm³/mol. The first-order valence-corrected chi connectivity index (χ1v) is 9.02. The quantitative estimate of drug-likeness (QED) is 0.726. The minimum absolute atomic E-state index is 0.00222. The van der Waals surface area contributed by atoms with E-state index in [1.165, 1.54) is 32.1 Å². The first kappa shape index (κ1) is 18.5. The SMILES string of the molecule is Cn1nccc1CCC(=O)NC(CCC(=O)O)CC1CCCCC1. The maximum Gasteiger partial charge on any atom is 0.303 e. The third-order valence-electron chi connectivity index (χ3n) is 4.95. The van der Waals surface area contributed by atoms with E-state index in [1.807, 2.05) is 13.1 Å². The number of carbonyl (C=O) groups excluding carboxylic acids is 1. The van der Waals surface area contributed by atoms with Gasteiger partial charge in [0.1, 0.15) is 0 Å². The largest absolute Gasteiger partial charge is 0.481 e. The van der Waals surface area contributed by atoms with Crippen LogP contribution in [0.4, 0.5) is 0 Å². The number of hydrogen-bond acceptors (Lipinski definition) is 3. The van der Waals surface area contributed by atoms with Crippen LogP contribution in [0.25, 0.3) is 0 Å². The van der Waals surface area contributed by atoms with Crippen molar-refractivity contribution in [2.24, 2.45) is 13.0 Å². The Balaban J connectivity index is 1.81. The minimum atomic E-state index is -0.798. The molecule has 6 nitrogen and oxygen atoms in total. The maximum absolute atomic E-state index is 12.3. The highest BCUT2D eigenvalue weighted by atomic mass is 16.4. The molecule has 2 N–H and O–H groups in total. The molecule has 0 spiro atoms. The smallest absolute Gasteiger partial charge is 0.303 e. The number of carboxylic acid groups (broad SMARTS) is 1. The molecule has 1 aromatic heterocycles. The molecule has 2 rings (SSSR count). The number of carboxylic acids is 1. The van der Waals surface area contributed by atoms with Crippen molar-refractivity contribution in [3.8, 4) is 0 Å². The van der Waals surface area contributed by atoms with Gasteiger partial charge in [-0.1, -0.05) is 32.1 Å². The summed E-state index contributed by atoms with van der Waals surface area (Å²) in [6, 6.07) is 1.89. The molecular weight excluding hydrogens is 306 g/mol. The van der Waals surface area contributed by atoms with Crippen molar-refractivity contribution in [2.75, 3.05) is 0 Å². The van der Waals surface area contributed by atoms with E-state index in [2.05, 4.69) is 10.4 Å². The van der Waals surface area contributed by atoms with Gasteiger partial charge in [-0.3, -0.25) is 14.3 Å². The number of aryl methyl sites for hydroxylation is 2. The molecule has 1 amide bonds. The second-order valence-electron chi connectivity index (χ2n) is 6.88. The highest BCUT2D eigenvalue weighted by Gasteiger charge is 2.21. The highest BCUT2D eigenvalue weighted by Crippen LogP contribution is 2.28. The Morgan fingerprint density at radius 1 is 1.33 bits per heavy atom. The monoisotopic (exact) mass is 335 g/mol. The van der Waals surface area contributed by atoms with Gasteiger partial charge in [-0.25, -0.2) is 0 Å². The number of amides is 1. The molecule has 0 aromatic carbocycles. The number of nitrogens with one attached hydrogen (secondary N) is 1. The van der Waals surface area contributed by atoms with Crippen LogP contribution in [0.3, 0.4) is 0 Å². The molecule has 0 radical (unpaired) electrons. The summed E-state index contributed by atoms with van der Waals surface area (Å²) in [5.74, 6) is -0.176. The van der Waals surface area contributed by atoms with Gasteiger partial charge in [-0.15, -0.1) is 0 Å². The van der Waals surface area contributed by atoms with E-state index in [1.54, 1.807) is 10.9 Å². The predicted octanol–water partition coefficient (Wildman–Crippen LogP) is 2.67. The van der Waals surface area contributed by atoms with Gasteiger partial charge < -0.3 is 10.4 Å². The second kappa shape index (κ2) is 9.45. The fourth-order valence-corrected chi connectivity index (χ4v) is 3.56. The van der Waals surface area contributed by atoms with Gasteiger partial charge in [-0.05, 0) is 31.2 Å². The number of rotatable bonds is 9. The van der Waals surface area contributed by atoms with Crippen LogP contribution in [0.1, 0.15) is 63.5 Å². The van der Waals surface area contributed by atoms with Crippen molar-refractivity contribution >= 4 is 11.9 Å². The third kappa shape index (κ3) is 6.34. The zero-order chi connectivity index (χ0) is 17.4. The Kier molecular flexibility index (Phi) is 7.28. The summed E-state index contributed by atoms with van der Waals surface area (Å²) in [6.07, 6.45) is 10.5. The number of aliphatic carboxylic acids is 1. The molecular formula is C18H29N3O3. The standard InChI is InChI=1S/C18H29N3O3/c1-21-16(11-12-19-21)8-9-17(22)20-15(7-10-18(23)24)13-14-5-3-2-4-6-14/h11-12,14-15H,2-10,13H2,1H3,(H,20,22)(H,23,24). The van der Waals surface area contributed by atoms with Crippen LogP contribution < -0.4 is 5.32 Å². The molecule has 6 heteroatoms. The van der Waals surface area contributed by atoms with Crippen molar-refractivity contribution in [3.05, 3.63) is 18.0 Å². The summed E-state index contributed by atoms with van der Waals surface area (Å²) in [7, 11) is 1.87. The van der Waals surface area contributed by atoms with E-state index >= 15 is 0 Å². The molecule has 0 bridgehead atoms. The number of aromatic nitrogens is 2. The lowest BCUT2D eigenvalue weighted by Crippen LogP contribution is -2.37. The van der Waals surface area contributed by atoms with E-state index in [9.17, 15) is 9.59 Å². The van der Waals surface area contributed by atoms with E-state index in [0.717, 1.165) is 12.1 Å². The van der Waals surface area contributed by atoms with E-state index in [-0.39, 0.29) is 18.4 Å². The van der Waals surface area contributed by atoms with Gasteiger partial charge in [0.05, 0.1) is 0 Å². The van der Waals surface area contributed by atoms with Crippen LogP contribution in [-0.4, -0.2) is 32.8 Å². The Morgan fingerprint density at radius 3 is 2.71 bits per heavy atom. The highest BCUT2D eigenvalue weighted by molar-refractivity contribution is 5.76. The van der Waals surface area contributed by atoms with Gasteiger partial charge in [0.15, 0.2) is 0 Å². The molecule has 1 fully saturated rings. The van der Waals surface area contributed by atoms with Crippen LogP contribution in [0, 0.1) is 5.92 Å². The summed E-state index contributed by atoms with van der Waals surface area (Å²) in [4.78, 5) is 23.1. The minimum Gasteiger partial charge on any atom is -0.481 e. The second-order valence-corrected chi connectivity index (χ2v) is 6.88. The molecule has 1 aromatic rings. The maximum atomic E-state index is 12.3. The average Bonchev–Trinajstić information content (AvgIpc) is 2.97. The van der Waals surface area contributed by atoms with Gasteiger partial charge >= 0.3 is 5.97 Å². The van der Waals surface area contributed by atoms with E-state index in [4.69, 9.17) is 5.11 Å². The summed E-state index contributed by atoms with van der Waals surface area (Å²) >= 11 is 0. The average molecular weight is 335 g/mol. The topological polar surface area (TPSA) is 84.2 Å². The molecule has 1 atom stereocenters. The molecule has 0 aliphatic heterocycles. The first-order chi connectivity index (χ1) is 11.5. The third-order valence-corrected chi connectivity index (χ3v) is 4.95. The lowest BCUT2D eigenvalue weighted by molar-refractivity contribution is -0.137. The summed E-state index contributed by atoms with van der Waals surface area (Å²) < 4.78 is 1.78. The van der Waals surface area contributed by atoms with Crippen LogP contribution >= 0.6 is 0 Å². The first-order valence-electron chi connectivity index (χ1n) is 9.02. The summed E-state index contributed by atoms with van der Waals surface area (Å²) in [6.45, 7) is 0. The molecule has 134 valence electrons.